The van der Waals surface area contributed by atoms with Crippen LogP contribution in [0, 0.1) is 21.8 Å². The number of phenolic OH excluding ortho intramolecular Hbond substituents is 1. The molecule has 0 unspecified atom stereocenters. The van der Waals surface area contributed by atoms with Crippen molar-refractivity contribution in [2.45, 2.75) is 6.92 Å². The zero-order chi connectivity index (χ0) is 15.6. The fourth-order valence-electron chi connectivity index (χ4n) is 1.47. The molecule has 108 valence electrons. The number of aryl methyl sites for hydroxylation is 1. The van der Waals surface area contributed by atoms with Crippen LogP contribution in [0.1, 0.15) is 11.3 Å². The predicted octanol–water partition coefficient (Wildman–Crippen LogP) is 1.11. The van der Waals surface area contributed by atoms with Gasteiger partial charge < -0.3 is 5.11 Å². The molecule has 0 bridgehead atoms. The number of aromatic nitrogens is 3. The van der Waals surface area contributed by atoms with Crippen LogP contribution in [0.3, 0.4) is 0 Å². The lowest BCUT2D eigenvalue weighted by Crippen LogP contribution is -2.22. The molecule has 0 aliphatic carbocycles. The molecule has 0 saturated carbocycles. The molecule has 0 aliphatic rings. The summed E-state index contributed by atoms with van der Waals surface area (Å²) in [4.78, 5) is 21.8. The van der Waals surface area contributed by atoms with E-state index in [-0.39, 0.29) is 10.5 Å². The Kier molecular flexibility index (Phi) is 3.89. The Hall–Kier alpha value is -2.88. The number of H-pyrrole nitrogens is 1. The van der Waals surface area contributed by atoms with E-state index >= 15 is 0 Å². The lowest BCUT2D eigenvalue weighted by Gasteiger charge is -2.00. The van der Waals surface area contributed by atoms with Crippen LogP contribution in [0.2, 0.25) is 0 Å². The number of hydrogen-bond acceptors (Lipinski definition) is 7. The third-order valence-electron chi connectivity index (χ3n) is 2.53. The van der Waals surface area contributed by atoms with E-state index in [0.29, 0.717) is 5.56 Å². The van der Waals surface area contributed by atoms with Gasteiger partial charge in [0.1, 0.15) is 5.69 Å². The Balaban J connectivity index is 2.46. The number of nitro benzene ring substituents is 1. The van der Waals surface area contributed by atoms with Gasteiger partial charge in [-0.2, -0.15) is 14.9 Å². The number of aromatic hydroxyl groups is 1. The largest absolute Gasteiger partial charge is 0.502 e. The highest BCUT2D eigenvalue weighted by Gasteiger charge is 2.12. The van der Waals surface area contributed by atoms with Crippen LogP contribution in [0.5, 0.6) is 5.75 Å². The molecule has 21 heavy (non-hydrogen) atoms. The van der Waals surface area contributed by atoms with Crippen molar-refractivity contribution in [1.29, 1.82) is 0 Å². The Morgan fingerprint density at radius 1 is 1.57 bits per heavy atom. The van der Waals surface area contributed by atoms with Gasteiger partial charge in [0.15, 0.2) is 5.75 Å². The number of rotatable bonds is 3. The zero-order valence-corrected chi connectivity index (χ0v) is 11.5. The number of nitrogens with zero attached hydrogens (tertiary/aromatic N) is 4. The number of aromatic amines is 1. The average Bonchev–Trinajstić information content (AvgIpc) is 2.44. The van der Waals surface area contributed by atoms with Crippen LogP contribution in [0.25, 0.3) is 0 Å². The summed E-state index contributed by atoms with van der Waals surface area (Å²) in [5, 5.41) is 30.1. The number of phenols is 1. The molecule has 2 rings (SSSR count). The number of nitrogens with one attached hydrogen (secondary N) is 1. The molecule has 2 aromatic rings. The van der Waals surface area contributed by atoms with Gasteiger partial charge in [-0.3, -0.25) is 20.0 Å². The molecule has 10 heteroatoms. The molecular weight excluding hydrogens is 298 g/mol. The van der Waals surface area contributed by atoms with Gasteiger partial charge in [0.25, 0.3) is 5.56 Å². The summed E-state index contributed by atoms with van der Waals surface area (Å²) in [6.07, 6.45) is 1.22. The van der Waals surface area contributed by atoms with E-state index in [1.54, 1.807) is 0 Å². The standard InChI is InChI=1S/C11H9N5O4S/c1-6-10(18)15(11(21)14-13-6)12-5-7-2-3-9(17)8(4-7)16(19)20/h2-5,17H,1H3,(H,14,21). The molecule has 0 spiro atoms. The van der Waals surface area contributed by atoms with Gasteiger partial charge in [-0.05, 0) is 31.3 Å². The summed E-state index contributed by atoms with van der Waals surface area (Å²) in [5.74, 6) is -0.452. The smallest absolute Gasteiger partial charge is 0.311 e. The first kappa shape index (κ1) is 14.5. The van der Waals surface area contributed by atoms with Crippen molar-refractivity contribution in [2.75, 3.05) is 0 Å². The first-order chi connectivity index (χ1) is 9.90. The summed E-state index contributed by atoms with van der Waals surface area (Å²) in [6, 6.07) is 3.71. The predicted molar refractivity (Wildman–Crippen MR) is 76.2 cm³/mol. The maximum atomic E-state index is 11.8. The molecule has 0 fully saturated rings. The number of hydrogen-bond donors (Lipinski definition) is 2. The van der Waals surface area contributed by atoms with Crippen LogP contribution >= 0.6 is 12.2 Å². The van der Waals surface area contributed by atoms with Crippen molar-refractivity contribution in [1.82, 2.24) is 14.9 Å². The molecule has 1 heterocycles. The molecule has 0 saturated heterocycles. The Bertz CT molecular complexity index is 854. The van der Waals surface area contributed by atoms with Crippen molar-refractivity contribution in [2.24, 2.45) is 5.10 Å². The van der Waals surface area contributed by atoms with Crippen molar-refractivity contribution in [3.8, 4) is 5.75 Å². The minimum atomic E-state index is -0.721. The summed E-state index contributed by atoms with van der Waals surface area (Å²) in [5.41, 5.74) is -0.446. The maximum absolute atomic E-state index is 11.8. The quantitative estimate of drug-likeness (QED) is 0.378. The van der Waals surface area contributed by atoms with Crippen LogP contribution in [0.15, 0.2) is 28.1 Å². The summed E-state index contributed by atoms with van der Waals surface area (Å²) in [7, 11) is 0. The summed E-state index contributed by atoms with van der Waals surface area (Å²) in [6.45, 7) is 1.49. The topological polar surface area (TPSA) is 126 Å². The van der Waals surface area contributed by atoms with Gasteiger partial charge in [0.2, 0.25) is 4.77 Å². The molecule has 1 aromatic carbocycles. The van der Waals surface area contributed by atoms with Crippen molar-refractivity contribution in [3.05, 3.63) is 54.7 Å². The van der Waals surface area contributed by atoms with Crippen molar-refractivity contribution in [3.63, 3.8) is 0 Å². The highest BCUT2D eigenvalue weighted by atomic mass is 32.1. The molecule has 9 nitrogen and oxygen atoms in total. The van der Waals surface area contributed by atoms with E-state index in [9.17, 15) is 20.0 Å². The van der Waals surface area contributed by atoms with Crippen LogP contribution < -0.4 is 5.56 Å². The van der Waals surface area contributed by atoms with E-state index < -0.39 is 21.9 Å². The van der Waals surface area contributed by atoms with Crippen LogP contribution in [-0.2, 0) is 0 Å². The second-order valence-corrected chi connectivity index (χ2v) is 4.37. The lowest BCUT2D eigenvalue weighted by atomic mass is 10.2. The van der Waals surface area contributed by atoms with Crippen LogP contribution in [0.4, 0.5) is 5.69 Å². The maximum Gasteiger partial charge on any atom is 0.311 e. The van der Waals surface area contributed by atoms with Gasteiger partial charge in [0, 0.05) is 11.6 Å². The Labute approximate surface area is 122 Å². The number of benzene rings is 1. The SMILES string of the molecule is Cc1n[nH]c(=S)n(N=Cc2ccc(O)c([N+](=O)[O-])c2)c1=O. The summed E-state index contributed by atoms with van der Waals surface area (Å²) >= 11 is 4.89. The highest BCUT2D eigenvalue weighted by molar-refractivity contribution is 7.71. The Morgan fingerprint density at radius 3 is 2.95 bits per heavy atom. The van der Waals surface area contributed by atoms with E-state index in [1.807, 2.05) is 0 Å². The Morgan fingerprint density at radius 2 is 2.29 bits per heavy atom. The monoisotopic (exact) mass is 307 g/mol. The fraction of sp³-hybridized carbons (Fsp3) is 0.0909. The fourth-order valence-corrected chi connectivity index (χ4v) is 1.64. The van der Waals surface area contributed by atoms with Gasteiger partial charge in [-0.15, -0.1) is 0 Å². The molecule has 0 atom stereocenters. The molecule has 1 aromatic heterocycles. The zero-order valence-electron chi connectivity index (χ0n) is 10.7. The lowest BCUT2D eigenvalue weighted by molar-refractivity contribution is -0.385. The molecule has 2 N–H and O–H groups in total. The molecule has 0 radical (unpaired) electrons. The van der Waals surface area contributed by atoms with E-state index in [4.69, 9.17) is 12.2 Å². The van der Waals surface area contributed by atoms with Crippen molar-refractivity contribution < 1.29 is 10.0 Å². The normalized spacial score (nSPS) is 10.9. The van der Waals surface area contributed by atoms with Gasteiger partial charge >= 0.3 is 5.69 Å². The van der Waals surface area contributed by atoms with Crippen molar-refractivity contribution >= 4 is 24.1 Å². The highest BCUT2D eigenvalue weighted by Crippen LogP contribution is 2.25. The third-order valence-corrected chi connectivity index (χ3v) is 2.80. The van der Waals surface area contributed by atoms with Gasteiger partial charge in [0.05, 0.1) is 11.1 Å². The first-order valence-corrected chi connectivity index (χ1v) is 6.01. The third kappa shape index (κ3) is 3.00. The minimum absolute atomic E-state index is 0.00451. The molecule has 0 aliphatic heterocycles. The number of nitro groups is 1. The molecule has 0 amide bonds. The first-order valence-electron chi connectivity index (χ1n) is 5.60. The minimum Gasteiger partial charge on any atom is -0.502 e. The summed E-state index contributed by atoms with van der Waals surface area (Å²) < 4.78 is 0.909. The molecular formula is C11H9N5O4S. The van der Waals surface area contributed by atoms with Gasteiger partial charge in [-0.1, -0.05) is 0 Å². The van der Waals surface area contributed by atoms with E-state index in [2.05, 4.69) is 15.3 Å². The van der Waals surface area contributed by atoms with Crippen LogP contribution in [-0.4, -0.2) is 31.1 Å². The van der Waals surface area contributed by atoms with E-state index in [0.717, 1.165) is 10.7 Å². The second kappa shape index (κ2) is 5.63. The average molecular weight is 307 g/mol. The van der Waals surface area contributed by atoms with E-state index in [1.165, 1.54) is 25.3 Å². The second-order valence-electron chi connectivity index (χ2n) is 3.98. The van der Waals surface area contributed by atoms with Gasteiger partial charge in [-0.25, -0.2) is 0 Å².